The number of benzene rings is 1. The number of hydrogen-bond acceptors (Lipinski definition) is 5. The van der Waals surface area contributed by atoms with Crippen molar-refractivity contribution >= 4 is 11.6 Å². The Morgan fingerprint density at radius 3 is 2.52 bits per heavy atom. The van der Waals surface area contributed by atoms with Crippen LogP contribution in [0.3, 0.4) is 0 Å². The number of hydrogen-bond donors (Lipinski definition) is 1. The van der Waals surface area contributed by atoms with E-state index in [1.165, 1.54) is 12.3 Å². The van der Waals surface area contributed by atoms with E-state index in [0.717, 1.165) is 5.75 Å². The predicted molar refractivity (Wildman–Crippen MR) is 78.0 cm³/mol. The van der Waals surface area contributed by atoms with Gasteiger partial charge in [-0.1, -0.05) is 11.6 Å². The number of halogens is 1. The fraction of sp³-hybridized carbons (Fsp3) is 0.267. The van der Waals surface area contributed by atoms with Gasteiger partial charge in [-0.3, -0.25) is 4.79 Å². The molecule has 0 saturated heterocycles. The molecule has 0 aliphatic rings. The van der Waals surface area contributed by atoms with Crippen LogP contribution in [-0.4, -0.2) is 18.3 Å². The molecule has 0 aliphatic carbocycles. The van der Waals surface area contributed by atoms with Crippen molar-refractivity contribution in [1.29, 1.82) is 0 Å². The Morgan fingerprint density at radius 1 is 1.14 bits per heavy atom. The van der Waals surface area contributed by atoms with Crippen LogP contribution in [0.1, 0.15) is 12.2 Å². The Labute approximate surface area is 126 Å². The van der Waals surface area contributed by atoms with E-state index in [0.29, 0.717) is 24.7 Å². The zero-order chi connectivity index (χ0) is 15.1. The van der Waals surface area contributed by atoms with Gasteiger partial charge in [0.1, 0.15) is 24.4 Å². The molecule has 0 aliphatic heterocycles. The summed E-state index contributed by atoms with van der Waals surface area (Å²) in [4.78, 5) is 11.6. The summed E-state index contributed by atoms with van der Waals surface area (Å²) in [7, 11) is 0. The minimum atomic E-state index is -0.316. The molecule has 2 rings (SSSR count). The molecule has 0 radical (unpaired) electrons. The second-order valence-corrected chi connectivity index (χ2v) is 4.67. The minimum absolute atomic E-state index is 0.124. The van der Waals surface area contributed by atoms with Gasteiger partial charge in [0.05, 0.1) is 13.2 Å². The minimum Gasteiger partial charge on any atom is -0.493 e. The Bertz CT molecular complexity index is 621. The molecule has 1 N–H and O–H groups in total. The zero-order valence-corrected chi connectivity index (χ0v) is 12.0. The van der Waals surface area contributed by atoms with Crippen molar-refractivity contribution in [1.82, 2.24) is 0 Å². The van der Waals surface area contributed by atoms with E-state index in [2.05, 4.69) is 0 Å². The quantitative estimate of drug-likeness (QED) is 0.796. The molecule has 0 saturated carbocycles. The molecule has 0 amide bonds. The van der Waals surface area contributed by atoms with Crippen LogP contribution in [0, 0.1) is 0 Å². The first-order valence-electron chi connectivity index (χ1n) is 6.43. The monoisotopic (exact) mass is 310 g/mol. The summed E-state index contributed by atoms with van der Waals surface area (Å²) in [6.45, 7) is 0.475. The van der Waals surface area contributed by atoms with Crippen LogP contribution in [0.25, 0.3) is 0 Å². The first-order valence-corrected chi connectivity index (χ1v) is 6.80. The van der Waals surface area contributed by atoms with Crippen molar-refractivity contribution < 1.29 is 19.0 Å². The molecule has 6 heteroatoms. The fourth-order valence-electron chi connectivity index (χ4n) is 1.59. The van der Waals surface area contributed by atoms with E-state index in [1.807, 2.05) is 0 Å². The fourth-order valence-corrected chi connectivity index (χ4v) is 1.71. The number of aliphatic hydroxyl groups is 1. The summed E-state index contributed by atoms with van der Waals surface area (Å²) in [6, 6.07) is 8.28. The third kappa shape index (κ3) is 4.81. The third-order valence-electron chi connectivity index (χ3n) is 2.64. The number of ether oxygens (including phenoxy) is 2. The first kappa shape index (κ1) is 15.4. The normalized spacial score (nSPS) is 10.4. The van der Waals surface area contributed by atoms with Gasteiger partial charge in [-0.25, -0.2) is 0 Å². The highest BCUT2D eigenvalue weighted by Gasteiger charge is 2.04. The third-order valence-corrected chi connectivity index (χ3v) is 2.89. The summed E-state index contributed by atoms with van der Waals surface area (Å²) in [5, 5.41) is 9.48. The van der Waals surface area contributed by atoms with Gasteiger partial charge < -0.3 is 19.0 Å². The lowest BCUT2D eigenvalue weighted by atomic mass is 10.3. The zero-order valence-electron chi connectivity index (χ0n) is 11.3. The summed E-state index contributed by atoms with van der Waals surface area (Å²) in [5.41, 5.74) is -0.316. The van der Waals surface area contributed by atoms with E-state index in [9.17, 15) is 4.79 Å². The van der Waals surface area contributed by atoms with Gasteiger partial charge in [0.2, 0.25) is 11.2 Å². The Kier molecular flexibility index (Phi) is 5.66. The highest BCUT2D eigenvalue weighted by atomic mass is 35.5. The van der Waals surface area contributed by atoms with Crippen LogP contribution < -0.4 is 14.9 Å². The maximum atomic E-state index is 11.6. The molecule has 112 valence electrons. The number of rotatable bonds is 7. The van der Waals surface area contributed by atoms with Crippen LogP contribution in [-0.2, 0) is 6.61 Å². The van der Waals surface area contributed by atoms with Gasteiger partial charge >= 0.3 is 0 Å². The van der Waals surface area contributed by atoms with Crippen LogP contribution >= 0.6 is 11.6 Å². The van der Waals surface area contributed by atoms with Gasteiger partial charge in [0, 0.05) is 17.5 Å². The van der Waals surface area contributed by atoms with Crippen molar-refractivity contribution in [2.45, 2.75) is 13.0 Å². The molecule has 0 fully saturated rings. The lowest BCUT2D eigenvalue weighted by Gasteiger charge is -2.07. The predicted octanol–water partition coefficient (Wildman–Crippen LogP) is 2.63. The van der Waals surface area contributed by atoms with Crippen molar-refractivity contribution in [2.24, 2.45) is 0 Å². The molecule has 1 aromatic heterocycles. The van der Waals surface area contributed by atoms with Gasteiger partial charge in [0.15, 0.2) is 0 Å². The van der Waals surface area contributed by atoms with Gasteiger partial charge in [-0.05, 0) is 24.3 Å². The van der Waals surface area contributed by atoms with Gasteiger partial charge in [-0.15, -0.1) is 0 Å². The molecule has 1 heterocycles. The largest absolute Gasteiger partial charge is 0.493 e. The van der Waals surface area contributed by atoms with E-state index >= 15 is 0 Å². The Balaban J connectivity index is 1.72. The van der Waals surface area contributed by atoms with E-state index < -0.39 is 0 Å². The second kappa shape index (κ2) is 7.71. The standard InChI is InChI=1S/C15H15ClO5/c16-11-2-4-12(5-3-11)19-6-1-7-20-15-10-21-13(9-17)8-14(15)18/h2-5,8,10,17H,1,6-7,9H2. The number of aliphatic hydroxyl groups excluding tert-OH is 1. The molecular formula is C15H15ClO5. The van der Waals surface area contributed by atoms with Crippen molar-refractivity contribution in [2.75, 3.05) is 13.2 Å². The highest BCUT2D eigenvalue weighted by molar-refractivity contribution is 6.30. The second-order valence-electron chi connectivity index (χ2n) is 4.24. The molecule has 0 atom stereocenters. The van der Waals surface area contributed by atoms with Crippen molar-refractivity contribution in [3.63, 3.8) is 0 Å². The van der Waals surface area contributed by atoms with Crippen molar-refractivity contribution in [3.8, 4) is 11.5 Å². The summed E-state index contributed by atoms with van der Waals surface area (Å²) in [6.07, 6.45) is 1.82. The van der Waals surface area contributed by atoms with Gasteiger partial charge in [0.25, 0.3) is 0 Å². The highest BCUT2D eigenvalue weighted by Crippen LogP contribution is 2.15. The Hall–Kier alpha value is -1.98. The molecule has 0 spiro atoms. The van der Waals surface area contributed by atoms with Crippen LogP contribution in [0.4, 0.5) is 0 Å². The lowest BCUT2D eigenvalue weighted by Crippen LogP contribution is -2.11. The molecule has 5 nitrogen and oxygen atoms in total. The average Bonchev–Trinajstić information content (AvgIpc) is 2.50. The SMILES string of the molecule is O=c1cc(CO)occ1OCCCOc1ccc(Cl)cc1. The molecule has 0 unspecified atom stereocenters. The smallest absolute Gasteiger partial charge is 0.227 e. The van der Waals surface area contributed by atoms with E-state index in [-0.39, 0.29) is 23.5 Å². The van der Waals surface area contributed by atoms with E-state index in [1.54, 1.807) is 24.3 Å². The lowest BCUT2D eigenvalue weighted by molar-refractivity contribution is 0.228. The van der Waals surface area contributed by atoms with Crippen LogP contribution in [0.15, 0.2) is 45.8 Å². The average molecular weight is 311 g/mol. The maximum absolute atomic E-state index is 11.6. The van der Waals surface area contributed by atoms with E-state index in [4.69, 9.17) is 30.6 Å². The molecule has 21 heavy (non-hydrogen) atoms. The molecule has 0 bridgehead atoms. The Morgan fingerprint density at radius 2 is 1.86 bits per heavy atom. The van der Waals surface area contributed by atoms with Crippen LogP contribution in [0.2, 0.25) is 5.02 Å². The summed E-state index contributed by atoms with van der Waals surface area (Å²) >= 11 is 5.77. The summed E-state index contributed by atoms with van der Waals surface area (Å²) in [5.74, 6) is 1.06. The van der Waals surface area contributed by atoms with Crippen LogP contribution in [0.5, 0.6) is 11.5 Å². The first-order chi connectivity index (χ1) is 10.2. The van der Waals surface area contributed by atoms with Crippen molar-refractivity contribution in [3.05, 3.63) is 57.6 Å². The molecular weight excluding hydrogens is 296 g/mol. The van der Waals surface area contributed by atoms with Gasteiger partial charge in [-0.2, -0.15) is 0 Å². The topological polar surface area (TPSA) is 68.9 Å². The maximum Gasteiger partial charge on any atom is 0.227 e. The summed E-state index contributed by atoms with van der Waals surface area (Å²) < 4.78 is 15.8. The molecule has 2 aromatic rings. The molecule has 1 aromatic carbocycles.